The zero-order chi connectivity index (χ0) is 19.7. The van der Waals surface area contributed by atoms with Crippen LogP contribution in [-0.2, 0) is 9.47 Å². The standard InChI is InChI=1S/C23H27NO4/c1-15-12-16(2)23(14-28-22(25)24-18-8-5-4-6-9-18)13-27-21(20(15)17(23)3)19-10-7-11-26-19/h4-12,16-17,20-21H,13-14H2,1-3H3,(H,24,25)/t16-,17-,20+,21-,23-/m1/s1. The van der Waals surface area contributed by atoms with Crippen molar-refractivity contribution in [3.63, 3.8) is 0 Å². The number of fused-ring (bicyclic) bond motifs is 2. The molecule has 28 heavy (non-hydrogen) atoms. The molecule has 0 spiro atoms. The summed E-state index contributed by atoms with van der Waals surface area (Å²) >= 11 is 0. The average molecular weight is 381 g/mol. The molecule has 1 amide bonds. The number of ether oxygens (including phenoxy) is 2. The van der Waals surface area contributed by atoms with E-state index in [-0.39, 0.29) is 23.4 Å². The van der Waals surface area contributed by atoms with E-state index < -0.39 is 6.09 Å². The molecule has 5 nitrogen and oxygen atoms in total. The maximum atomic E-state index is 12.3. The van der Waals surface area contributed by atoms with Gasteiger partial charge in [-0.05, 0) is 43.0 Å². The molecule has 1 aliphatic carbocycles. The van der Waals surface area contributed by atoms with Crippen LogP contribution in [0.5, 0.6) is 0 Å². The van der Waals surface area contributed by atoms with Crippen molar-refractivity contribution in [2.45, 2.75) is 26.9 Å². The van der Waals surface area contributed by atoms with E-state index in [0.29, 0.717) is 19.1 Å². The van der Waals surface area contributed by atoms with E-state index in [1.807, 2.05) is 42.5 Å². The summed E-state index contributed by atoms with van der Waals surface area (Å²) < 4.78 is 17.6. The molecule has 0 radical (unpaired) electrons. The smallest absolute Gasteiger partial charge is 0.411 e. The van der Waals surface area contributed by atoms with E-state index in [9.17, 15) is 4.79 Å². The topological polar surface area (TPSA) is 60.7 Å². The van der Waals surface area contributed by atoms with Gasteiger partial charge in [-0.1, -0.05) is 43.7 Å². The quantitative estimate of drug-likeness (QED) is 0.717. The second-order valence-electron chi connectivity index (χ2n) is 8.06. The molecule has 1 aliphatic heterocycles. The minimum absolute atomic E-state index is 0.0972. The summed E-state index contributed by atoms with van der Waals surface area (Å²) in [6, 6.07) is 13.2. The Morgan fingerprint density at radius 1 is 1.21 bits per heavy atom. The molecule has 1 fully saturated rings. The van der Waals surface area contributed by atoms with Crippen LogP contribution in [0.2, 0.25) is 0 Å². The molecule has 2 aromatic rings. The molecule has 2 heterocycles. The highest BCUT2D eigenvalue weighted by Crippen LogP contribution is 2.56. The van der Waals surface area contributed by atoms with E-state index in [2.05, 4.69) is 32.2 Å². The van der Waals surface area contributed by atoms with Gasteiger partial charge in [0.2, 0.25) is 0 Å². The molecule has 2 aliphatic rings. The molecule has 0 saturated carbocycles. The molecule has 2 bridgehead atoms. The monoisotopic (exact) mass is 381 g/mol. The zero-order valence-electron chi connectivity index (χ0n) is 16.6. The number of hydrogen-bond acceptors (Lipinski definition) is 4. The van der Waals surface area contributed by atoms with Gasteiger partial charge < -0.3 is 13.9 Å². The van der Waals surface area contributed by atoms with Crippen LogP contribution in [-0.4, -0.2) is 19.3 Å². The van der Waals surface area contributed by atoms with Crippen molar-refractivity contribution in [2.24, 2.45) is 23.2 Å². The van der Waals surface area contributed by atoms with Crippen LogP contribution >= 0.6 is 0 Å². The maximum absolute atomic E-state index is 12.3. The lowest BCUT2D eigenvalue weighted by Gasteiger charge is -2.54. The minimum atomic E-state index is -0.434. The third kappa shape index (κ3) is 3.24. The molecule has 1 aromatic carbocycles. The SMILES string of the molecule is CC1=C[C@@H](C)[C@]2(COC(=O)Nc3ccccc3)CO[C@H](c3ccco3)[C@@H]1[C@H]2C. The highest BCUT2D eigenvalue weighted by atomic mass is 16.6. The summed E-state index contributed by atoms with van der Waals surface area (Å²) in [6.07, 6.45) is 3.46. The second-order valence-corrected chi connectivity index (χ2v) is 8.06. The lowest BCUT2D eigenvalue weighted by Crippen LogP contribution is -2.54. The van der Waals surface area contributed by atoms with Gasteiger partial charge >= 0.3 is 6.09 Å². The summed E-state index contributed by atoms with van der Waals surface area (Å²) in [4.78, 5) is 12.3. The number of carbonyl (C=O) groups excluding carboxylic acids is 1. The fourth-order valence-corrected chi connectivity index (χ4v) is 4.84. The first kappa shape index (κ1) is 18.8. The molecule has 1 aromatic heterocycles. The largest absolute Gasteiger partial charge is 0.467 e. The van der Waals surface area contributed by atoms with E-state index in [1.54, 1.807) is 6.26 Å². The maximum Gasteiger partial charge on any atom is 0.411 e. The summed E-state index contributed by atoms with van der Waals surface area (Å²) in [5, 5.41) is 2.79. The Hall–Kier alpha value is -2.53. The number of furan rings is 1. The van der Waals surface area contributed by atoms with Crippen LogP contribution in [0.4, 0.5) is 10.5 Å². The Balaban J connectivity index is 1.51. The van der Waals surface area contributed by atoms with Crippen LogP contribution in [0.3, 0.4) is 0 Å². The lowest BCUT2D eigenvalue weighted by molar-refractivity contribution is -0.169. The third-order valence-electron chi connectivity index (χ3n) is 6.56. The predicted molar refractivity (Wildman–Crippen MR) is 107 cm³/mol. The van der Waals surface area contributed by atoms with Gasteiger partial charge in [-0.15, -0.1) is 0 Å². The summed E-state index contributed by atoms with van der Waals surface area (Å²) in [6.45, 7) is 7.44. The molecular weight excluding hydrogens is 354 g/mol. The van der Waals surface area contributed by atoms with Gasteiger partial charge in [-0.2, -0.15) is 0 Å². The van der Waals surface area contributed by atoms with Crippen molar-refractivity contribution in [1.82, 2.24) is 0 Å². The van der Waals surface area contributed by atoms with Crippen molar-refractivity contribution in [3.05, 3.63) is 66.1 Å². The van der Waals surface area contributed by atoms with Crippen LogP contribution in [0.15, 0.2) is 64.8 Å². The van der Waals surface area contributed by atoms with E-state index in [1.165, 1.54) is 5.57 Å². The van der Waals surface area contributed by atoms with E-state index in [0.717, 1.165) is 11.4 Å². The zero-order valence-corrected chi connectivity index (χ0v) is 16.6. The lowest BCUT2D eigenvalue weighted by atomic mass is 9.56. The molecule has 5 heteroatoms. The first-order chi connectivity index (χ1) is 13.5. The van der Waals surface area contributed by atoms with Crippen LogP contribution in [0, 0.1) is 23.2 Å². The van der Waals surface area contributed by atoms with Gasteiger partial charge in [-0.3, -0.25) is 5.32 Å². The fraction of sp³-hybridized carbons (Fsp3) is 0.435. The predicted octanol–water partition coefficient (Wildman–Crippen LogP) is 5.43. The first-order valence-electron chi connectivity index (χ1n) is 9.83. The Morgan fingerprint density at radius 3 is 2.71 bits per heavy atom. The Morgan fingerprint density at radius 2 is 2.00 bits per heavy atom. The number of carbonyl (C=O) groups is 1. The first-order valence-corrected chi connectivity index (χ1v) is 9.83. The van der Waals surface area contributed by atoms with Crippen molar-refractivity contribution >= 4 is 11.8 Å². The van der Waals surface area contributed by atoms with Crippen molar-refractivity contribution < 1.29 is 18.7 Å². The summed E-state index contributed by atoms with van der Waals surface area (Å²) in [5.74, 6) is 1.61. The fourth-order valence-electron chi connectivity index (χ4n) is 4.84. The van der Waals surface area contributed by atoms with Crippen molar-refractivity contribution in [3.8, 4) is 0 Å². The number of hydrogen-bond donors (Lipinski definition) is 1. The van der Waals surface area contributed by atoms with Crippen molar-refractivity contribution in [1.29, 1.82) is 0 Å². The van der Waals surface area contributed by atoms with Gasteiger partial charge in [0, 0.05) is 17.0 Å². The minimum Gasteiger partial charge on any atom is -0.467 e. The van der Waals surface area contributed by atoms with Crippen LogP contribution in [0.1, 0.15) is 32.6 Å². The van der Waals surface area contributed by atoms with Crippen molar-refractivity contribution in [2.75, 3.05) is 18.5 Å². The van der Waals surface area contributed by atoms with E-state index >= 15 is 0 Å². The molecule has 1 saturated heterocycles. The number of allylic oxidation sites excluding steroid dienone is 1. The van der Waals surface area contributed by atoms with Gasteiger partial charge in [-0.25, -0.2) is 4.79 Å². The second kappa shape index (κ2) is 7.47. The van der Waals surface area contributed by atoms with Gasteiger partial charge in [0.05, 0.1) is 12.9 Å². The molecule has 5 atom stereocenters. The number of amides is 1. The van der Waals surface area contributed by atoms with Gasteiger partial charge in [0.1, 0.15) is 18.5 Å². The highest BCUT2D eigenvalue weighted by Gasteiger charge is 2.55. The summed E-state index contributed by atoms with van der Waals surface area (Å²) in [5.41, 5.74) is 1.79. The highest BCUT2D eigenvalue weighted by molar-refractivity contribution is 5.84. The van der Waals surface area contributed by atoms with E-state index in [4.69, 9.17) is 13.9 Å². The Kier molecular flexibility index (Phi) is 5.02. The number of anilines is 1. The Labute approximate surface area is 165 Å². The Bertz CT molecular complexity index is 845. The third-order valence-corrected chi connectivity index (χ3v) is 6.56. The van der Waals surface area contributed by atoms with Crippen LogP contribution in [0.25, 0.3) is 0 Å². The number of benzene rings is 1. The number of rotatable bonds is 4. The molecular formula is C23H27NO4. The van der Waals surface area contributed by atoms with Gasteiger partial charge in [0.15, 0.2) is 0 Å². The normalized spacial score (nSPS) is 31.8. The number of para-hydroxylation sites is 1. The molecule has 4 rings (SSSR count). The summed E-state index contributed by atoms with van der Waals surface area (Å²) in [7, 11) is 0. The van der Waals surface area contributed by atoms with Crippen LogP contribution < -0.4 is 5.32 Å². The molecule has 1 N–H and O–H groups in total. The molecule has 148 valence electrons. The van der Waals surface area contributed by atoms with Gasteiger partial charge in [0.25, 0.3) is 0 Å². The molecule has 0 unspecified atom stereocenters. The number of nitrogens with one attached hydrogen (secondary N) is 1. The average Bonchev–Trinajstić information content (AvgIpc) is 3.21.